The molecule has 0 N–H and O–H groups in total. The highest BCUT2D eigenvalue weighted by molar-refractivity contribution is 6.26. The van der Waals surface area contributed by atoms with Gasteiger partial charge in [0.2, 0.25) is 11.9 Å². The zero-order valence-corrected chi connectivity index (χ0v) is 79.4. The van der Waals surface area contributed by atoms with Crippen LogP contribution in [0.2, 0.25) is 0 Å². The number of hydrogen-bond acceptors (Lipinski definition) is 8. The Balaban J connectivity index is 0.000000108. The third-order valence-electron chi connectivity index (χ3n) is 29.4. The van der Waals surface area contributed by atoms with Crippen LogP contribution >= 0.6 is 0 Å². The van der Waals surface area contributed by atoms with Crippen molar-refractivity contribution in [1.82, 2.24) is 58.1 Å². The van der Waals surface area contributed by atoms with Crippen LogP contribution in [0, 0.1) is 0 Å². The molecule has 20 aromatic carbocycles. The average Bonchev–Trinajstić information content (AvgIpc) is 1.55. The molecule has 0 fully saturated rings. The molecule has 0 bridgehead atoms. The van der Waals surface area contributed by atoms with E-state index < -0.39 is 0 Å². The summed E-state index contributed by atoms with van der Waals surface area (Å²) in [5, 5.41) is 13.2. The van der Waals surface area contributed by atoms with Crippen LogP contribution in [-0.2, 0) is 10.8 Å². The fourth-order valence-corrected chi connectivity index (χ4v) is 22.4. The first-order valence-electron chi connectivity index (χ1n) is 49.1. The van der Waals surface area contributed by atoms with Crippen molar-refractivity contribution in [3.8, 4) is 136 Å². The molecule has 144 heavy (non-hydrogen) atoms. The van der Waals surface area contributed by atoms with Gasteiger partial charge >= 0.3 is 0 Å². The van der Waals surface area contributed by atoms with E-state index in [0.717, 1.165) is 105 Å². The van der Waals surface area contributed by atoms with Crippen LogP contribution in [0.1, 0.15) is 49.9 Å². The predicted molar refractivity (Wildman–Crippen MR) is 593 cm³/mol. The van der Waals surface area contributed by atoms with Gasteiger partial charge in [-0.1, -0.05) is 410 Å². The summed E-state index contributed by atoms with van der Waals surface area (Å²) < 4.78 is 9.25. The van der Waals surface area contributed by atoms with E-state index in [4.69, 9.17) is 39.9 Å². The van der Waals surface area contributed by atoms with Gasteiger partial charge in [-0.25, -0.2) is 29.9 Å². The Labute approximate surface area is 831 Å². The topological polar surface area (TPSA) is 123 Å². The van der Waals surface area contributed by atoms with E-state index in [-0.39, 0.29) is 10.8 Å². The van der Waals surface area contributed by atoms with E-state index in [1.165, 1.54) is 121 Å². The van der Waals surface area contributed by atoms with Crippen molar-refractivity contribution in [2.75, 3.05) is 0 Å². The number of para-hydroxylation sites is 5. The molecule has 7 heterocycles. The largest absolute Gasteiger partial charge is 0.309 e. The second-order valence-corrected chi connectivity index (χ2v) is 38.5. The number of rotatable bonds is 12. The first-order chi connectivity index (χ1) is 70.9. The Kier molecular flexibility index (Phi) is 20.0. The lowest BCUT2D eigenvalue weighted by Gasteiger charge is -2.21. The second-order valence-electron chi connectivity index (χ2n) is 38.5. The highest BCUT2D eigenvalue weighted by Crippen LogP contribution is 2.54. The molecule has 0 saturated carbocycles. The minimum atomic E-state index is -0.0999. The van der Waals surface area contributed by atoms with Crippen LogP contribution < -0.4 is 0 Å². The summed E-state index contributed by atoms with van der Waals surface area (Å²) in [5.41, 5.74) is 34.1. The van der Waals surface area contributed by atoms with E-state index in [1.807, 2.05) is 97.1 Å². The van der Waals surface area contributed by atoms with Gasteiger partial charge in [-0.05, 0) is 169 Å². The van der Waals surface area contributed by atoms with E-state index >= 15 is 0 Å². The summed E-state index contributed by atoms with van der Waals surface area (Å²) in [6, 6.07) is 167. The van der Waals surface area contributed by atoms with Crippen LogP contribution in [-0.4, -0.2) is 58.1 Å². The molecule has 0 spiro atoms. The minimum Gasteiger partial charge on any atom is -0.309 e. The van der Waals surface area contributed by atoms with Crippen molar-refractivity contribution in [2.24, 2.45) is 0 Å². The molecule has 0 unspecified atom stereocenters. The molecule has 27 aromatic rings. The quantitative estimate of drug-likeness (QED) is 0.119. The molecule has 2 aliphatic rings. The maximum atomic E-state index is 5.34. The van der Waals surface area contributed by atoms with Crippen LogP contribution in [0.25, 0.3) is 245 Å². The van der Waals surface area contributed by atoms with Gasteiger partial charge in [0.25, 0.3) is 0 Å². The molecule has 0 amide bonds. The predicted octanol–water partition coefficient (Wildman–Crippen LogP) is 32.9. The van der Waals surface area contributed by atoms with Crippen molar-refractivity contribution in [3.05, 3.63) is 495 Å². The standard InChI is InChI=1S/C48H34N4.C43H27N5.C41H29N3/c1-48(2)41-22-11-9-20-37(41)39-29-40-38-21-10-12-23-43(38)52(44(40)30-42(39)48)36-19-13-18-35(28-36)47-50-45(33-16-7-4-8-17-33)49-46(51-47)34-26-24-32(25-27-34)31-14-5-3-6-15-31;1-4-15-29(16-5-1)41-44-42(30-17-6-2-7-18-30)46-43(45-41)48-36-23-13-12-22-33(36)34-26-35-39(27-38(34)48)47(31-19-8-3-9-20-31)37-25-24-28-14-10-11-21-32(28)40(35)37;1-41(2)34-17-9-6-14-29(34)32-24-33-30-15-8-11-19-37(30)44(38(33)25-35(32)41)40-42-36-18-10-7-16-31(36)39(43-40)28-22-20-27(21-23-28)26-12-4-3-5-13-26/h3-30H,1-2H3;1-27H;3-25H,1-2H3. The molecule has 12 heteroatoms. The van der Waals surface area contributed by atoms with Gasteiger partial charge in [0.15, 0.2) is 29.1 Å². The lowest BCUT2D eigenvalue weighted by molar-refractivity contribution is 0.661. The van der Waals surface area contributed by atoms with E-state index in [9.17, 15) is 0 Å². The van der Waals surface area contributed by atoms with E-state index in [2.05, 4.69) is 422 Å². The zero-order valence-electron chi connectivity index (χ0n) is 79.4. The van der Waals surface area contributed by atoms with Crippen molar-refractivity contribution < 1.29 is 0 Å². The molecule has 0 saturated heterocycles. The molecular formula is C132H90N12. The highest BCUT2D eigenvalue weighted by Gasteiger charge is 2.39. The van der Waals surface area contributed by atoms with E-state index in [0.29, 0.717) is 41.0 Å². The maximum Gasteiger partial charge on any atom is 0.238 e. The first kappa shape index (κ1) is 84.5. The van der Waals surface area contributed by atoms with Crippen LogP contribution in [0.5, 0.6) is 0 Å². The lowest BCUT2D eigenvalue weighted by Crippen LogP contribution is -2.15. The van der Waals surface area contributed by atoms with Gasteiger partial charge in [-0.15, -0.1) is 0 Å². The number of nitrogens with zero attached hydrogens (tertiary/aromatic N) is 12. The van der Waals surface area contributed by atoms with Gasteiger partial charge in [0.05, 0.1) is 55.3 Å². The first-order valence-corrected chi connectivity index (χ1v) is 49.1. The van der Waals surface area contributed by atoms with Gasteiger partial charge in [0.1, 0.15) is 0 Å². The van der Waals surface area contributed by atoms with Crippen LogP contribution in [0.3, 0.4) is 0 Å². The Morgan fingerprint density at radius 1 is 0.174 bits per heavy atom. The van der Waals surface area contributed by atoms with Crippen molar-refractivity contribution >= 4 is 109 Å². The Morgan fingerprint density at radius 2 is 0.521 bits per heavy atom. The number of aromatic nitrogens is 12. The molecule has 0 atom stereocenters. The average molecular weight is 1840 g/mol. The summed E-state index contributed by atoms with van der Waals surface area (Å²) in [7, 11) is 0. The Morgan fingerprint density at radius 3 is 1.04 bits per heavy atom. The third-order valence-corrected chi connectivity index (χ3v) is 29.4. The molecule has 0 aliphatic heterocycles. The SMILES string of the molecule is CC1(C)c2ccccc2-c2cc3c4ccccc4n(-c4cccc(-c5nc(-c6ccccc6)nc(-c6ccc(-c7ccccc7)cc6)n5)c4)c3cc21.CC1(C)c2ccccc2-c2cc3c4ccccc4n(-c4nc(-c5ccc(-c6ccccc6)cc5)c5ccccc5n4)c3cc21.c1ccc(-c2nc(-c3ccccc3)nc(-n3c4ccccc4c4cc5c6c7ccccc7ccc6n(-c6ccccc6)c5cc43)n2)cc1. The van der Waals surface area contributed by atoms with Crippen molar-refractivity contribution in [2.45, 2.75) is 38.5 Å². The van der Waals surface area contributed by atoms with Crippen LogP contribution in [0.4, 0.5) is 0 Å². The minimum absolute atomic E-state index is 0.0995. The molecule has 678 valence electrons. The molecule has 7 aromatic heterocycles. The summed E-state index contributed by atoms with van der Waals surface area (Å²) >= 11 is 0. The second kappa shape index (κ2) is 34.1. The van der Waals surface area contributed by atoms with Gasteiger partial charge in [-0.3, -0.25) is 9.13 Å². The fraction of sp³-hybridized carbons (Fsp3) is 0.0455. The van der Waals surface area contributed by atoms with Crippen LogP contribution in [0.15, 0.2) is 473 Å². The third kappa shape index (κ3) is 14.1. The summed E-state index contributed by atoms with van der Waals surface area (Å²) in [4.78, 5) is 41.0. The van der Waals surface area contributed by atoms with Gasteiger partial charge in [0, 0.05) is 104 Å². The van der Waals surface area contributed by atoms with Gasteiger partial charge in [-0.2, -0.15) is 9.97 Å². The molecule has 29 rings (SSSR count). The van der Waals surface area contributed by atoms with Crippen molar-refractivity contribution in [1.29, 1.82) is 0 Å². The lowest BCUT2D eigenvalue weighted by atomic mass is 9.82. The van der Waals surface area contributed by atoms with Gasteiger partial charge < -0.3 is 9.13 Å². The van der Waals surface area contributed by atoms with Crippen molar-refractivity contribution in [3.63, 3.8) is 0 Å². The number of benzene rings is 20. The summed E-state index contributed by atoms with van der Waals surface area (Å²) in [6.45, 7) is 9.35. The maximum absolute atomic E-state index is 5.34. The Bertz CT molecular complexity index is 9740. The molecule has 2 aliphatic carbocycles. The Hall–Kier alpha value is -18.8. The number of hydrogen-bond donors (Lipinski definition) is 0. The molecule has 12 nitrogen and oxygen atoms in total. The normalized spacial score (nSPS) is 12.7. The monoisotopic (exact) mass is 1840 g/mol. The smallest absolute Gasteiger partial charge is 0.238 e. The molecular weight excluding hydrogens is 1750 g/mol. The summed E-state index contributed by atoms with van der Waals surface area (Å²) in [6.07, 6.45) is 0. The number of fused-ring (bicyclic) bond motifs is 21. The summed E-state index contributed by atoms with van der Waals surface area (Å²) in [5.74, 6) is 4.46. The molecule has 0 radical (unpaired) electrons. The zero-order chi connectivity index (χ0) is 95.8. The fourth-order valence-electron chi connectivity index (χ4n) is 22.4. The highest BCUT2D eigenvalue weighted by atomic mass is 15.2. The van der Waals surface area contributed by atoms with E-state index in [1.54, 1.807) is 0 Å².